The van der Waals surface area contributed by atoms with Gasteiger partial charge in [-0.2, -0.15) is 18.3 Å². The van der Waals surface area contributed by atoms with Gasteiger partial charge in [0.25, 0.3) is 11.8 Å². The molecule has 0 bridgehead atoms. The predicted octanol–water partition coefficient (Wildman–Crippen LogP) is 3.91. The molecule has 36 heavy (non-hydrogen) atoms. The Morgan fingerprint density at radius 2 is 1.61 bits per heavy atom. The number of halogens is 4. The van der Waals surface area contributed by atoms with Gasteiger partial charge in [0.1, 0.15) is 5.82 Å². The Kier molecular flexibility index (Phi) is 7.94. The van der Waals surface area contributed by atoms with Gasteiger partial charge in [-0.05, 0) is 54.6 Å². The molecule has 4 aromatic rings. The molecule has 0 aliphatic carbocycles. The number of nitrogens with zero attached hydrogens (tertiary/aromatic N) is 2. The fourth-order valence-corrected chi connectivity index (χ4v) is 2.81. The molecule has 13 heteroatoms. The highest BCUT2D eigenvalue weighted by Gasteiger charge is 2.38. The Labute approximate surface area is 200 Å². The maximum absolute atomic E-state index is 13.0. The number of amides is 2. The molecular weight excluding hydrogens is 486 g/mol. The zero-order valence-corrected chi connectivity index (χ0v) is 18.1. The number of pyridine rings is 1. The van der Waals surface area contributed by atoms with E-state index in [1.807, 2.05) is 12.1 Å². The number of aliphatic carboxylic acids is 1. The molecule has 0 fully saturated rings. The lowest BCUT2D eigenvalue weighted by atomic mass is 10.1. The van der Waals surface area contributed by atoms with E-state index in [0.29, 0.717) is 28.6 Å². The molecule has 2 aromatic heterocycles. The number of alkyl halides is 3. The van der Waals surface area contributed by atoms with Crippen molar-refractivity contribution in [3.8, 4) is 0 Å². The van der Waals surface area contributed by atoms with Crippen molar-refractivity contribution in [3.63, 3.8) is 0 Å². The molecule has 0 saturated carbocycles. The summed E-state index contributed by atoms with van der Waals surface area (Å²) in [6.07, 6.45) is -3.42. The molecule has 0 aliphatic rings. The number of carboxylic acid groups (broad SMARTS) is 1. The molecule has 4 N–H and O–H groups in total. The molecule has 0 atom stereocenters. The Morgan fingerprint density at radius 1 is 0.944 bits per heavy atom. The zero-order valence-electron chi connectivity index (χ0n) is 18.1. The van der Waals surface area contributed by atoms with Crippen LogP contribution < -0.4 is 10.6 Å². The first kappa shape index (κ1) is 25.8. The number of H-pyrrole nitrogens is 1. The maximum Gasteiger partial charge on any atom is 0.490 e. The van der Waals surface area contributed by atoms with Gasteiger partial charge in [0.2, 0.25) is 0 Å². The number of fused-ring (bicyclic) bond motifs is 1. The van der Waals surface area contributed by atoms with Crippen LogP contribution in [0.2, 0.25) is 0 Å². The number of nitrogens with one attached hydrogen (secondary N) is 3. The Morgan fingerprint density at radius 3 is 2.22 bits per heavy atom. The molecule has 9 nitrogen and oxygen atoms in total. The van der Waals surface area contributed by atoms with Crippen molar-refractivity contribution in [3.05, 3.63) is 89.5 Å². The first-order chi connectivity index (χ1) is 17.0. The molecule has 2 aromatic carbocycles. The summed E-state index contributed by atoms with van der Waals surface area (Å²) < 4.78 is 44.8. The Bertz CT molecular complexity index is 1370. The molecule has 0 saturated heterocycles. The summed E-state index contributed by atoms with van der Waals surface area (Å²) in [4.78, 5) is 37.9. The fourth-order valence-electron chi connectivity index (χ4n) is 2.81. The SMILES string of the molecule is O=C(NCc1ccccn1)c1ccc2[nH]nc(NC(=O)c3ccc(F)cc3)c2c1.O=C(O)C(F)(F)F. The molecule has 0 aliphatic heterocycles. The monoisotopic (exact) mass is 503 g/mol. The van der Waals surface area contributed by atoms with Crippen LogP contribution in [-0.2, 0) is 11.3 Å². The number of hydrogen-bond acceptors (Lipinski definition) is 5. The molecule has 2 amide bonds. The number of aromatic nitrogens is 3. The number of aromatic amines is 1. The number of anilines is 1. The highest BCUT2D eigenvalue weighted by atomic mass is 19.4. The number of hydrogen-bond donors (Lipinski definition) is 4. The van der Waals surface area contributed by atoms with Gasteiger partial charge in [0.15, 0.2) is 5.82 Å². The minimum absolute atomic E-state index is 0.269. The topological polar surface area (TPSA) is 137 Å². The van der Waals surface area contributed by atoms with Gasteiger partial charge in [-0.1, -0.05) is 6.07 Å². The number of carboxylic acids is 1. The van der Waals surface area contributed by atoms with E-state index in [2.05, 4.69) is 25.8 Å². The van der Waals surface area contributed by atoms with Gasteiger partial charge in [-0.15, -0.1) is 0 Å². The van der Waals surface area contributed by atoms with Gasteiger partial charge in [-0.25, -0.2) is 9.18 Å². The standard InChI is InChI=1S/C21H16FN5O2.C2HF3O2/c22-15-7-4-13(5-8-15)21(29)25-19-17-11-14(6-9-18(17)26-27-19)20(28)24-12-16-3-1-2-10-23-16;3-2(4,5)1(6)7/h1-11H,12H2,(H,24,28)(H2,25,26,27,29);(H,6,7). The molecule has 4 rings (SSSR count). The summed E-state index contributed by atoms with van der Waals surface area (Å²) in [6, 6.07) is 15.7. The molecule has 0 radical (unpaired) electrons. The third kappa shape index (κ3) is 6.85. The second-order valence-corrected chi connectivity index (χ2v) is 7.10. The normalized spacial score (nSPS) is 10.8. The number of benzene rings is 2. The van der Waals surface area contributed by atoms with E-state index < -0.39 is 23.9 Å². The van der Waals surface area contributed by atoms with Crippen LogP contribution in [0.5, 0.6) is 0 Å². The zero-order chi connectivity index (χ0) is 26.3. The third-order valence-corrected chi connectivity index (χ3v) is 4.56. The number of rotatable bonds is 5. The van der Waals surface area contributed by atoms with Crippen molar-refractivity contribution in [2.75, 3.05) is 5.32 Å². The molecular formula is C23H17F4N5O4. The van der Waals surface area contributed by atoms with Gasteiger partial charge in [-0.3, -0.25) is 19.7 Å². The smallest absolute Gasteiger partial charge is 0.475 e. The van der Waals surface area contributed by atoms with Crippen LogP contribution in [0.25, 0.3) is 10.9 Å². The first-order valence-electron chi connectivity index (χ1n) is 10.1. The summed E-state index contributed by atoms with van der Waals surface area (Å²) in [5.41, 5.74) is 2.14. The summed E-state index contributed by atoms with van der Waals surface area (Å²) >= 11 is 0. The van der Waals surface area contributed by atoms with E-state index in [4.69, 9.17) is 9.90 Å². The van der Waals surface area contributed by atoms with Crippen LogP contribution in [0.15, 0.2) is 66.9 Å². The van der Waals surface area contributed by atoms with E-state index in [-0.39, 0.29) is 11.7 Å². The number of carbonyl (C=O) groups is 3. The summed E-state index contributed by atoms with van der Waals surface area (Å²) in [7, 11) is 0. The third-order valence-electron chi connectivity index (χ3n) is 4.56. The lowest BCUT2D eigenvalue weighted by molar-refractivity contribution is -0.192. The van der Waals surface area contributed by atoms with E-state index in [9.17, 15) is 27.2 Å². The summed E-state index contributed by atoms with van der Waals surface area (Å²) in [5, 5.41) is 20.1. The molecule has 2 heterocycles. The van der Waals surface area contributed by atoms with Crippen molar-refractivity contribution in [1.29, 1.82) is 0 Å². The van der Waals surface area contributed by atoms with Crippen LogP contribution in [0.4, 0.5) is 23.4 Å². The van der Waals surface area contributed by atoms with E-state index >= 15 is 0 Å². The largest absolute Gasteiger partial charge is 0.490 e. The van der Waals surface area contributed by atoms with Crippen LogP contribution in [0.3, 0.4) is 0 Å². The van der Waals surface area contributed by atoms with Crippen LogP contribution >= 0.6 is 0 Å². The fraction of sp³-hybridized carbons (Fsp3) is 0.0870. The molecule has 0 spiro atoms. The van der Waals surface area contributed by atoms with Crippen molar-refractivity contribution < 1.29 is 37.1 Å². The number of carbonyl (C=O) groups excluding carboxylic acids is 2. The Balaban J connectivity index is 0.000000454. The minimum atomic E-state index is -5.08. The van der Waals surface area contributed by atoms with E-state index in [1.54, 1.807) is 30.5 Å². The van der Waals surface area contributed by atoms with Gasteiger partial charge >= 0.3 is 12.1 Å². The van der Waals surface area contributed by atoms with Crippen molar-refractivity contribution in [2.45, 2.75) is 12.7 Å². The van der Waals surface area contributed by atoms with Crippen LogP contribution in [0, 0.1) is 5.82 Å². The van der Waals surface area contributed by atoms with Crippen LogP contribution in [0.1, 0.15) is 26.4 Å². The average Bonchev–Trinajstić information content (AvgIpc) is 3.25. The highest BCUT2D eigenvalue weighted by molar-refractivity contribution is 6.09. The minimum Gasteiger partial charge on any atom is -0.475 e. The summed E-state index contributed by atoms with van der Waals surface area (Å²) in [6.45, 7) is 0.303. The molecule has 0 unspecified atom stereocenters. The van der Waals surface area contributed by atoms with Gasteiger partial charge in [0.05, 0.1) is 17.8 Å². The second-order valence-electron chi connectivity index (χ2n) is 7.10. The predicted molar refractivity (Wildman–Crippen MR) is 120 cm³/mol. The second kappa shape index (κ2) is 11.1. The van der Waals surface area contributed by atoms with Crippen molar-refractivity contribution in [1.82, 2.24) is 20.5 Å². The van der Waals surface area contributed by atoms with E-state index in [1.165, 1.54) is 24.3 Å². The Hall–Kier alpha value is -4.81. The van der Waals surface area contributed by atoms with E-state index in [0.717, 1.165) is 5.69 Å². The van der Waals surface area contributed by atoms with Crippen molar-refractivity contribution in [2.24, 2.45) is 0 Å². The maximum atomic E-state index is 13.0. The summed E-state index contributed by atoms with van der Waals surface area (Å²) in [5.74, 6) is -3.59. The lowest BCUT2D eigenvalue weighted by Crippen LogP contribution is -2.23. The van der Waals surface area contributed by atoms with Gasteiger partial charge in [0, 0.05) is 22.7 Å². The first-order valence-corrected chi connectivity index (χ1v) is 10.1. The lowest BCUT2D eigenvalue weighted by Gasteiger charge is -2.06. The average molecular weight is 503 g/mol. The quantitative estimate of drug-likeness (QED) is 0.305. The van der Waals surface area contributed by atoms with Crippen molar-refractivity contribution >= 4 is 34.5 Å². The van der Waals surface area contributed by atoms with Crippen LogP contribution in [-0.4, -0.2) is 44.2 Å². The highest BCUT2D eigenvalue weighted by Crippen LogP contribution is 2.22. The van der Waals surface area contributed by atoms with Gasteiger partial charge < -0.3 is 15.7 Å². The molecule has 186 valence electrons.